The molecule has 1 amide bonds. The smallest absolute Gasteiger partial charge is 0.276 e. The molecule has 2 rings (SSSR count). The van der Waals surface area contributed by atoms with Crippen LogP contribution in [-0.4, -0.2) is 12.5 Å². The normalized spacial score (nSPS) is 10.4. The van der Waals surface area contributed by atoms with Gasteiger partial charge in [0.05, 0.1) is 5.70 Å². The third kappa shape index (κ3) is 5.26. The molecule has 0 aliphatic heterocycles. The summed E-state index contributed by atoms with van der Waals surface area (Å²) in [5.74, 6) is 0.747. The van der Waals surface area contributed by atoms with Gasteiger partial charge in [0, 0.05) is 10.6 Å². The SMILES string of the molecule is C=C(NNC(=O)COc1cc(C)ccc1C(C)C)c1ccccc1Cl. The number of hydrogen-bond acceptors (Lipinski definition) is 3. The van der Waals surface area contributed by atoms with Crippen LogP contribution in [0.2, 0.25) is 5.02 Å². The standard InChI is InChI=1S/C20H23ClN2O2/c1-13(2)16-10-9-14(3)11-19(16)25-12-20(24)23-22-15(4)17-7-5-6-8-18(17)21/h5-11,13,22H,4,12H2,1-3H3,(H,23,24). The summed E-state index contributed by atoms with van der Waals surface area (Å²) in [7, 11) is 0. The van der Waals surface area contributed by atoms with Crippen molar-refractivity contribution in [3.05, 3.63) is 70.8 Å². The van der Waals surface area contributed by atoms with Gasteiger partial charge in [-0.1, -0.05) is 62.4 Å². The number of rotatable bonds is 7. The predicted molar refractivity (Wildman–Crippen MR) is 103 cm³/mol. The van der Waals surface area contributed by atoms with Gasteiger partial charge in [-0.15, -0.1) is 0 Å². The Labute approximate surface area is 153 Å². The molecular formula is C20H23ClN2O2. The molecule has 0 aromatic heterocycles. The summed E-state index contributed by atoms with van der Waals surface area (Å²) in [5.41, 5.74) is 8.74. The van der Waals surface area contributed by atoms with Gasteiger partial charge in [-0.2, -0.15) is 0 Å². The van der Waals surface area contributed by atoms with Gasteiger partial charge in [0.1, 0.15) is 5.75 Å². The van der Waals surface area contributed by atoms with E-state index in [1.165, 1.54) is 0 Å². The van der Waals surface area contributed by atoms with E-state index in [0.717, 1.165) is 22.4 Å². The zero-order valence-electron chi connectivity index (χ0n) is 14.7. The number of amides is 1. The first kappa shape index (κ1) is 18.9. The number of carbonyl (C=O) groups excluding carboxylic acids is 1. The summed E-state index contributed by atoms with van der Waals surface area (Å²) >= 11 is 6.10. The molecule has 2 aromatic rings. The van der Waals surface area contributed by atoms with Crippen molar-refractivity contribution in [2.24, 2.45) is 0 Å². The number of hydrogen-bond donors (Lipinski definition) is 2. The lowest BCUT2D eigenvalue weighted by Crippen LogP contribution is -2.39. The number of ether oxygens (including phenoxy) is 1. The van der Waals surface area contributed by atoms with E-state index in [0.29, 0.717) is 16.6 Å². The molecule has 2 aromatic carbocycles. The lowest BCUT2D eigenvalue weighted by Gasteiger charge is -2.16. The van der Waals surface area contributed by atoms with E-state index in [-0.39, 0.29) is 12.5 Å². The minimum atomic E-state index is -0.301. The maximum Gasteiger partial charge on any atom is 0.276 e. The number of carbonyl (C=O) groups is 1. The Morgan fingerprint density at radius 1 is 1.20 bits per heavy atom. The van der Waals surface area contributed by atoms with Crippen molar-refractivity contribution < 1.29 is 9.53 Å². The lowest BCUT2D eigenvalue weighted by atomic mass is 10.0. The van der Waals surface area contributed by atoms with E-state index < -0.39 is 0 Å². The number of nitrogens with one attached hydrogen (secondary N) is 2. The van der Waals surface area contributed by atoms with Gasteiger partial charge in [-0.3, -0.25) is 15.6 Å². The molecule has 0 atom stereocenters. The number of benzene rings is 2. The predicted octanol–water partition coefficient (Wildman–Crippen LogP) is 4.44. The van der Waals surface area contributed by atoms with Gasteiger partial charge in [0.25, 0.3) is 5.91 Å². The van der Waals surface area contributed by atoms with Crippen LogP contribution in [0.25, 0.3) is 5.70 Å². The van der Waals surface area contributed by atoms with Crippen molar-refractivity contribution in [2.45, 2.75) is 26.7 Å². The van der Waals surface area contributed by atoms with Crippen LogP contribution in [-0.2, 0) is 4.79 Å². The van der Waals surface area contributed by atoms with Crippen molar-refractivity contribution in [1.29, 1.82) is 0 Å². The monoisotopic (exact) mass is 358 g/mol. The molecule has 2 N–H and O–H groups in total. The Morgan fingerprint density at radius 2 is 1.92 bits per heavy atom. The minimum Gasteiger partial charge on any atom is -0.483 e. The van der Waals surface area contributed by atoms with Crippen LogP contribution in [0.15, 0.2) is 49.0 Å². The number of aryl methyl sites for hydroxylation is 1. The second kappa shape index (κ2) is 8.58. The molecule has 0 fully saturated rings. The fourth-order valence-electron chi connectivity index (χ4n) is 2.34. The van der Waals surface area contributed by atoms with Crippen LogP contribution in [0, 0.1) is 6.92 Å². The maximum absolute atomic E-state index is 12.0. The molecule has 25 heavy (non-hydrogen) atoms. The van der Waals surface area contributed by atoms with E-state index >= 15 is 0 Å². The fourth-order valence-corrected chi connectivity index (χ4v) is 2.59. The average molecular weight is 359 g/mol. The Morgan fingerprint density at radius 3 is 2.60 bits per heavy atom. The van der Waals surface area contributed by atoms with E-state index in [1.807, 2.05) is 43.3 Å². The summed E-state index contributed by atoms with van der Waals surface area (Å²) in [5, 5.41) is 0.562. The molecule has 0 saturated heterocycles. The highest BCUT2D eigenvalue weighted by Gasteiger charge is 2.11. The first-order valence-corrected chi connectivity index (χ1v) is 8.48. The molecule has 0 heterocycles. The highest BCUT2D eigenvalue weighted by Crippen LogP contribution is 2.27. The Hall–Kier alpha value is -2.46. The first-order chi connectivity index (χ1) is 11.9. The van der Waals surface area contributed by atoms with Crippen LogP contribution in [0.4, 0.5) is 0 Å². The molecule has 0 radical (unpaired) electrons. The number of hydrazine groups is 1. The van der Waals surface area contributed by atoms with Crippen molar-refractivity contribution in [1.82, 2.24) is 10.9 Å². The van der Waals surface area contributed by atoms with Gasteiger partial charge in [-0.25, -0.2) is 0 Å². The van der Waals surface area contributed by atoms with Crippen LogP contribution < -0.4 is 15.6 Å². The van der Waals surface area contributed by atoms with Crippen LogP contribution in [0.3, 0.4) is 0 Å². The average Bonchev–Trinajstić information content (AvgIpc) is 2.58. The first-order valence-electron chi connectivity index (χ1n) is 8.10. The van der Waals surface area contributed by atoms with Crippen molar-refractivity contribution in [2.75, 3.05) is 6.61 Å². The van der Waals surface area contributed by atoms with E-state index in [1.54, 1.807) is 6.07 Å². The van der Waals surface area contributed by atoms with E-state index in [4.69, 9.17) is 16.3 Å². The molecule has 5 heteroatoms. The largest absolute Gasteiger partial charge is 0.483 e. The van der Waals surface area contributed by atoms with Gasteiger partial charge in [0.15, 0.2) is 6.61 Å². The van der Waals surface area contributed by atoms with E-state index in [2.05, 4.69) is 31.3 Å². The summed E-state index contributed by atoms with van der Waals surface area (Å²) in [6.07, 6.45) is 0. The zero-order chi connectivity index (χ0) is 18.4. The molecule has 0 aliphatic carbocycles. The van der Waals surface area contributed by atoms with Gasteiger partial charge < -0.3 is 4.74 Å². The topological polar surface area (TPSA) is 50.4 Å². The van der Waals surface area contributed by atoms with Gasteiger partial charge in [-0.05, 0) is 36.1 Å². The molecule has 0 bridgehead atoms. The lowest BCUT2D eigenvalue weighted by molar-refractivity contribution is -0.123. The Balaban J connectivity index is 1.90. The van der Waals surface area contributed by atoms with Gasteiger partial charge in [0.2, 0.25) is 0 Å². The third-order valence-corrected chi connectivity index (χ3v) is 4.03. The van der Waals surface area contributed by atoms with Crippen LogP contribution >= 0.6 is 11.6 Å². The second-order valence-electron chi connectivity index (χ2n) is 6.12. The quantitative estimate of drug-likeness (QED) is 0.719. The molecule has 0 spiro atoms. The van der Waals surface area contributed by atoms with Crippen LogP contribution in [0.1, 0.15) is 36.5 Å². The molecule has 0 unspecified atom stereocenters. The molecular weight excluding hydrogens is 336 g/mol. The number of halogens is 1. The highest BCUT2D eigenvalue weighted by atomic mass is 35.5. The molecule has 132 valence electrons. The summed E-state index contributed by atoms with van der Waals surface area (Å²) in [6.45, 7) is 9.95. The second-order valence-corrected chi connectivity index (χ2v) is 6.52. The van der Waals surface area contributed by atoms with Gasteiger partial charge >= 0.3 is 0 Å². The van der Waals surface area contributed by atoms with E-state index in [9.17, 15) is 4.79 Å². The molecule has 0 saturated carbocycles. The van der Waals surface area contributed by atoms with Crippen molar-refractivity contribution in [3.63, 3.8) is 0 Å². The van der Waals surface area contributed by atoms with Crippen LogP contribution in [0.5, 0.6) is 5.75 Å². The van der Waals surface area contributed by atoms with Crippen molar-refractivity contribution in [3.8, 4) is 5.75 Å². The zero-order valence-corrected chi connectivity index (χ0v) is 15.5. The maximum atomic E-state index is 12.0. The fraction of sp³-hybridized carbons (Fsp3) is 0.250. The molecule has 4 nitrogen and oxygen atoms in total. The summed E-state index contributed by atoms with van der Waals surface area (Å²) in [6, 6.07) is 13.3. The highest BCUT2D eigenvalue weighted by molar-refractivity contribution is 6.32. The summed E-state index contributed by atoms with van der Waals surface area (Å²) < 4.78 is 5.70. The minimum absolute atomic E-state index is 0.0913. The Bertz CT molecular complexity index is 772. The third-order valence-electron chi connectivity index (χ3n) is 3.70. The summed E-state index contributed by atoms with van der Waals surface area (Å²) in [4.78, 5) is 12.0. The Kier molecular flexibility index (Phi) is 6.48. The van der Waals surface area contributed by atoms with Crippen molar-refractivity contribution >= 4 is 23.2 Å². The molecule has 0 aliphatic rings.